The molecule has 1 amide bonds. The van der Waals surface area contributed by atoms with E-state index in [1.165, 1.54) is 4.90 Å². The van der Waals surface area contributed by atoms with Gasteiger partial charge < -0.3 is 26.9 Å². The maximum Gasteiger partial charge on any atom is 0.414 e. The number of ether oxygens (including phenoxy) is 1. The van der Waals surface area contributed by atoms with E-state index in [-0.39, 0.29) is 18.5 Å². The third-order valence-electron chi connectivity index (χ3n) is 2.24. The third kappa shape index (κ3) is 4.24. The third-order valence-corrected chi connectivity index (χ3v) is 2.24. The molecule has 1 rings (SSSR count). The van der Waals surface area contributed by atoms with Crippen molar-refractivity contribution in [2.24, 2.45) is 0 Å². The summed E-state index contributed by atoms with van der Waals surface area (Å²) in [6, 6.07) is 5.79. The normalized spacial score (nSPS) is 9.76. The van der Waals surface area contributed by atoms with Crippen molar-refractivity contribution in [3.63, 3.8) is 0 Å². The fraction of sp³-hybridized carbons (Fsp3) is 0.417. The SMILES string of the molecule is Cc1ccc(OC(=O)N(C)C)c([NH+](C)C)c1.[Cl-]. The Hall–Kier alpha value is -1.26. The Balaban J connectivity index is 0.00000256. The molecule has 0 aromatic heterocycles. The molecular formula is C12H19ClN2O2. The first-order valence-electron chi connectivity index (χ1n) is 5.22. The smallest absolute Gasteiger partial charge is 0.414 e. The number of nitrogens with one attached hydrogen (secondary N) is 1. The summed E-state index contributed by atoms with van der Waals surface area (Å²) in [5, 5.41) is 0. The average Bonchev–Trinajstić information content (AvgIpc) is 2.20. The van der Waals surface area contributed by atoms with Gasteiger partial charge >= 0.3 is 6.09 Å². The summed E-state index contributed by atoms with van der Waals surface area (Å²) in [5.41, 5.74) is 2.14. The van der Waals surface area contributed by atoms with Crippen LogP contribution in [-0.4, -0.2) is 39.2 Å². The Bertz CT molecular complexity index is 392. The van der Waals surface area contributed by atoms with Crippen LogP contribution < -0.4 is 22.0 Å². The van der Waals surface area contributed by atoms with Gasteiger partial charge in [0.1, 0.15) is 0 Å². The second-order valence-corrected chi connectivity index (χ2v) is 4.26. The molecule has 96 valence electrons. The van der Waals surface area contributed by atoms with E-state index in [2.05, 4.69) is 0 Å². The number of hydrogen-bond donors (Lipinski definition) is 1. The predicted octanol–water partition coefficient (Wildman–Crippen LogP) is -2.16. The summed E-state index contributed by atoms with van der Waals surface area (Å²) < 4.78 is 5.29. The molecule has 0 bridgehead atoms. The van der Waals surface area contributed by atoms with Crippen LogP contribution >= 0.6 is 0 Å². The Morgan fingerprint density at radius 1 is 1.29 bits per heavy atom. The zero-order valence-corrected chi connectivity index (χ0v) is 11.6. The number of carbonyl (C=O) groups excluding carboxylic acids is 1. The van der Waals surface area contributed by atoms with E-state index in [4.69, 9.17) is 4.74 Å². The topological polar surface area (TPSA) is 34.0 Å². The van der Waals surface area contributed by atoms with Crippen LogP contribution in [0.3, 0.4) is 0 Å². The molecule has 0 saturated heterocycles. The number of quaternary nitrogens is 1. The fourth-order valence-electron chi connectivity index (χ4n) is 1.31. The van der Waals surface area contributed by atoms with Gasteiger partial charge in [-0.15, -0.1) is 0 Å². The van der Waals surface area contributed by atoms with Crippen molar-refractivity contribution in [2.75, 3.05) is 28.2 Å². The van der Waals surface area contributed by atoms with Crippen LogP contribution in [0.1, 0.15) is 5.56 Å². The van der Waals surface area contributed by atoms with Crippen molar-refractivity contribution in [1.82, 2.24) is 4.90 Å². The van der Waals surface area contributed by atoms with Crippen molar-refractivity contribution < 1.29 is 26.8 Å². The molecule has 0 spiro atoms. The first-order chi connectivity index (χ1) is 7.41. The largest absolute Gasteiger partial charge is 1.00 e. The Morgan fingerprint density at radius 2 is 1.88 bits per heavy atom. The molecule has 0 unspecified atom stereocenters. The second-order valence-electron chi connectivity index (χ2n) is 4.26. The number of nitrogens with zero attached hydrogens (tertiary/aromatic N) is 1. The number of carbonyl (C=O) groups is 1. The van der Waals surface area contributed by atoms with Crippen LogP contribution in [0.2, 0.25) is 0 Å². The number of benzene rings is 1. The summed E-state index contributed by atoms with van der Waals surface area (Å²) in [4.78, 5) is 14.0. The van der Waals surface area contributed by atoms with Crippen LogP contribution in [-0.2, 0) is 0 Å². The summed E-state index contributed by atoms with van der Waals surface area (Å²) in [6.45, 7) is 2.02. The van der Waals surface area contributed by atoms with Crippen LogP contribution in [0.4, 0.5) is 10.5 Å². The van der Waals surface area contributed by atoms with E-state index >= 15 is 0 Å². The van der Waals surface area contributed by atoms with Crippen LogP contribution in [0, 0.1) is 6.92 Å². The Morgan fingerprint density at radius 3 is 2.35 bits per heavy atom. The number of amides is 1. The zero-order valence-electron chi connectivity index (χ0n) is 10.9. The lowest BCUT2D eigenvalue weighted by molar-refractivity contribution is -0.786. The molecule has 0 saturated carbocycles. The molecule has 0 heterocycles. The van der Waals surface area contributed by atoms with E-state index < -0.39 is 0 Å². The molecule has 0 aliphatic heterocycles. The molecule has 0 fully saturated rings. The van der Waals surface area contributed by atoms with Gasteiger partial charge in [0, 0.05) is 20.2 Å². The first-order valence-corrected chi connectivity index (χ1v) is 5.22. The minimum atomic E-state index is -0.355. The lowest BCUT2D eigenvalue weighted by Crippen LogP contribution is -3.00. The zero-order chi connectivity index (χ0) is 12.3. The quantitative estimate of drug-likeness (QED) is 0.656. The van der Waals surface area contributed by atoms with Crippen LogP contribution in [0.15, 0.2) is 18.2 Å². The number of hydrogen-bond acceptors (Lipinski definition) is 2. The van der Waals surface area contributed by atoms with Crippen molar-refractivity contribution in [3.8, 4) is 5.75 Å². The summed E-state index contributed by atoms with van der Waals surface area (Å²) in [7, 11) is 7.33. The van der Waals surface area contributed by atoms with E-state index in [0.717, 1.165) is 16.2 Å². The van der Waals surface area contributed by atoms with Gasteiger partial charge in [-0.25, -0.2) is 4.79 Å². The van der Waals surface area contributed by atoms with Gasteiger partial charge in [0.05, 0.1) is 14.1 Å². The van der Waals surface area contributed by atoms with Gasteiger partial charge in [-0.1, -0.05) is 6.07 Å². The summed E-state index contributed by atoms with van der Waals surface area (Å²) >= 11 is 0. The highest BCUT2D eigenvalue weighted by Crippen LogP contribution is 2.22. The highest BCUT2D eigenvalue weighted by atomic mass is 35.5. The maximum atomic E-state index is 11.5. The lowest BCUT2D eigenvalue weighted by Gasteiger charge is -2.15. The molecule has 4 nitrogen and oxygen atoms in total. The van der Waals surface area contributed by atoms with Gasteiger partial charge in [-0.3, -0.25) is 0 Å². The molecule has 0 atom stereocenters. The Labute approximate surface area is 109 Å². The fourth-order valence-corrected chi connectivity index (χ4v) is 1.31. The minimum Gasteiger partial charge on any atom is -1.00 e. The van der Waals surface area contributed by atoms with Gasteiger partial charge in [0.15, 0.2) is 11.4 Å². The molecule has 1 aromatic rings. The summed E-state index contributed by atoms with van der Waals surface area (Å²) in [6.07, 6.45) is -0.355. The Kier molecular flexibility index (Phi) is 5.99. The van der Waals surface area contributed by atoms with E-state index in [1.54, 1.807) is 14.1 Å². The summed E-state index contributed by atoms with van der Waals surface area (Å²) in [5.74, 6) is 0.615. The molecular weight excluding hydrogens is 240 g/mol. The molecule has 0 aliphatic rings. The molecule has 17 heavy (non-hydrogen) atoms. The number of rotatable bonds is 2. The molecule has 0 radical (unpaired) electrons. The van der Waals surface area contributed by atoms with Crippen molar-refractivity contribution in [1.29, 1.82) is 0 Å². The number of aryl methyl sites for hydroxylation is 1. The monoisotopic (exact) mass is 258 g/mol. The lowest BCUT2D eigenvalue weighted by atomic mass is 10.2. The predicted molar refractivity (Wildman–Crippen MR) is 63.4 cm³/mol. The highest BCUT2D eigenvalue weighted by Gasteiger charge is 2.15. The molecule has 1 aromatic carbocycles. The molecule has 0 aliphatic carbocycles. The average molecular weight is 259 g/mol. The van der Waals surface area contributed by atoms with E-state index in [0.29, 0.717) is 5.75 Å². The minimum absolute atomic E-state index is 0. The van der Waals surface area contributed by atoms with Crippen molar-refractivity contribution in [2.45, 2.75) is 6.92 Å². The van der Waals surface area contributed by atoms with Crippen LogP contribution in [0.25, 0.3) is 0 Å². The van der Waals surface area contributed by atoms with Crippen molar-refractivity contribution >= 4 is 11.8 Å². The maximum absolute atomic E-state index is 11.5. The highest BCUT2D eigenvalue weighted by molar-refractivity contribution is 5.71. The van der Waals surface area contributed by atoms with Crippen molar-refractivity contribution in [3.05, 3.63) is 23.8 Å². The number of halogens is 1. The second kappa shape index (κ2) is 6.47. The van der Waals surface area contributed by atoms with Gasteiger partial charge in [0.2, 0.25) is 0 Å². The van der Waals surface area contributed by atoms with E-state index in [9.17, 15) is 4.79 Å². The standard InChI is InChI=1S/C12H18N2O2.ClH/c1-9-6-7-11(10(8-9)13(2)3)16-12(15)14(4)5;/h6-8H,1-5H3;1H. The van der Waals surface area contributed by atoms with Gasteiger partial charge in [-0.2, -0.15) is 0 Å². The van der Waals surface area contributed by atoms with E-state index in [1.807, 2.05) is 39.2 Å². The van der Waals surface area contributed by atoms with Gasteiger partial charge in [-0.05, 0) is 18.6 Å². The molecule has 5 heteroatoms. The first kappa shape index (κ1) is 15.7. The van der Waals surface area contributed by atoms with Gasteiger partial charge in [0.25, 0.3) is 0 Å². The molecule has 1 N–H and O–H groups in total. The van der Waals surface area contributed by atoms with Crippen LogP contribution in [0.5, 0.6) is 5.75 Å².